The zero-order valence-corrected chi connectivity index (χ0v) is 11.9. The van der Waals surface area contributed by atoms with Crippen molar-refractivity contribution in [1.29, 1.82) is 0 Å². The summed E-state index contributed by atoms with van der Waals surface area (Å²) in [4.78, 5) is 14.8. The first-order valence-corrected chi connectivity index (χ1v) is 7.41. The van der Waals surface area contributed by atoms with Gasteiger partial charge in [0.1, 0.15) is 4.88 Å². The lowest BCUT2D eigenvalue weighted by molar-refractivity contribution is 0.0798. The minimum atomic E-state index is 0.0368. The number of nitrogens with zero attached hydrogens (tertiary/aromatic N) is 1. The number of carbonyl (C=O) groups is 1. The van der Waals surface area contributed by atoms with E-state index in [0.29, 0.717) is 14.9 Å². The normalized spacial score (nSPS) is 15.6. The van der Waals surface area contributed by atoms with Gasteiger partial charge in [-0.2, -0.15) is 0 Å². The molecule has 2 aromatic rings. The van der Waals surface area contributed by atoms with Crippen LogP contribution >= 0.6 is 34.5 Å². The van der Waals surface area contributed by atoms with Gasteiger partial charge in [-0.15, -0.1) is 11.3 Å². The molecular weight excluding hydrogens is 289 g/mol. The Labute approximate surface area is 119 Å². The zero-order chi connectivity index (χ0) is 12.7. The van der Waals surface area contributed by atoms with Gasteiger partial charge in [0.25, 0.3) is 5.91 Å². The van der Waals surface area contributed by atoms with Gasteiger partial charge in [0.2, 0.25) is 0 Å². The summed E-state index contributed by atoms with van der Waals surface area (Å²) < 4.78 is 0.968. The first kappa shape index (κ1) is 12.3. The monoisotopic (exact) mass is 299 g/mol. The number of amides is 1. The third-order valence-electron chi connectivity index (χ3n) is 3.19. The Balaban J connectivity index is 2.09. The number of halogens is 2. The number of thiophene rings is 1. The SMILES string of the molecule is O=C(c1sc2cccc(Cl)c2c1Cl)N1CCCC1. The molecule has 0 radical (unpaired) electrons. The predicted molar refractivity (Wildman–Crippen MR) is 77.0 cm³/mol. The van der Waals surface area contributed by atoms with Crippen LogP contribution in [0.4, 0.5) is 0 Å². The highest BCUT2D eigenvalue weighted by Crippen LogP contribution is 2.40. The van der Waals surface area contributed by atoms with Crippen LogP contribution in [-0.2, 0) is 0 Å². The smallest absolute Gasteiger partial charge is 0.265 e. The molecule has 0 bridgehead atoms. The molecule has 2 heterocycles. The lowest BCUT2D eigenvalue weighted by Gasteiger charge is -2.13. The van der Waals surface area contributed by atoms with E-state index in [4.69, 9.17) is 23.2 Å². The van der Waals surface area contributed by atoms with Gasteiger partial charge < -0.3 is 4.90 Å². The van der Waals surface area contributed by atoms with E-state index in [1.165, 1.54) is 11.3 Å². The topological polar surface area (TPSA) is 20.3 Å². The summed E-state index contributed by atoms with van der Waals surface area (Å²) in [7, 11) is 0. The lowest BCUT2D eigenvalue weighted by atomic mass is 10.2. The second-order valence-electron chi connectivity index (χ2n) is 4.36. The molecule has 1 saturated heterocycles. The molecule has 2 nitrogen and oxygen atoms in total. The van der Waals surface area contributed by atoms with E-state index in [0.717, 1.165) is 36.0 Å². The van der Waals surface area contributed by atoms with Crippen molar-refractivity contribution >= 4 is 50.5 Å². The van der Waals surface area contributed by atoms with Gasteiger partial charge in [-0.3, -0.25) is 4.79 Å². The minimum Gasteiger partial charge on any atom is -0.338 e. The average Bonchev–Trinajstić information content (AvgIpc) is 2.97. The molecule has 0 saturated carbocycles. The molecule has 0 N–H and O–H groups in total. The number of hydrogen-bond acceptors (Lipinski definition) is 2. The van der Waals surface area contributed by atoms with Gasteiger partial charge >= 0.3 is 0 Å². The predicted octanol–water partition coefficient (Wildman–Crippen LogP) is 4.44. The van der Waals surface area contributed by atoms with E-state index >= 15 is 0 Å². The summed E-state index contributed by atoms with van der Waals surface area (Å²) in [6.45, 7) is 1.66. The van der Waals surface area contributed by atoms with Crippen molar-refractivity contribution < 1.29 is 4.79 Å². The van der Waals surface area contributed by atoms with Crippen LogP contribution in [0.5, 0.6) is 0 Å². The van der Waals surface area contributed by atoms with Crippen molar-refractivity contribution in [3.05, 3.63) is 33.1 Å². The van der Waals surface area contributed by atoms with Gasteiger partial charge in [-0.05, 0) is 25.0 Å². The molecule has 1 fully saturated rings. The summed E-state index contributed by atoms with van der Waals surface area (Å²) in [5.41, 5.74) is 0. The van der Waals surface area contributed by atoms with Crippen molar-refractivity contribution in [3.63, 3.8) is 0 Å². The highest BCUT2D eigenvalue weighted by atomic mass is 35.5. The summed E-state index contributed by atoms with van der Waals surface area (Å²) >= 11 is 13.9. The molecule has 3 rings (SSSR count). The Morgan fingerprint density at radius 2 is 1.94 bits per heavy atom. The number of rotatable bonds is 1. The van der Waals surface area contributed by atoms with Gasteiger partial charge in [0.05, 0.1) is 10.0 Å². The molecule has 1 aromatic heterocycles. The standard InChI is InChI=1S/C13H11Cl2NOS/c14-8-4-3-5-9-10(8)11(15)12(18-9)13(17)16-6-1-2-7-16/h3-5H,1-2,6-7H2. The second-order valence-corrected chi connectivity index (χ2v) is 6.19. The molecule has 1 amide bonds. The minimum absolute atomic E-state index is 0.0368. The van der Waals surface area contributed by atoms with Crippen molar-refractivity contribution in [2.45, 2.75) is 12.8 Å². The van der Waals surface area contributed by atoms with Gasteiger partial charge in [0, 0.05) is 23.2 Å². The first-order valence-electron chi connectivity index (χ1n) is 5.84. The van der Waals surface area contributed by atoms with Gasteiger partial charge in [-0.1, -0.05) is 29.3 Å². The van der Waals surface area contributed by atoms with E-state index in [-0.39, 0.29) is 5.91 Å². The van der Waals surface area contributed by atoms with Crippen LogP contribution in [0.2, 0.25) is 10.0 Å². The van der Waals surface area contributed by atoms with Gasteiger partial charge in [0.15, 0.2) is 0 Å². The van der Waals surface area contributed by atoms with Crippen LogP contribution in [0.3, 0.4) is 0 Å². The Bertz CT molecular complexity index is 617. The van der Waals surface area contributed by atoms with Crippen molar-refractivity contribution in [3.8, 4) is 0 Å². The Morgan fingerprint density at radius 3 is 2.61 bits per heavy atom. The highest BCUT2D eigenvalue weighted by Gasteiger charge is 2.25. The second kappa shape index (κ2) is 4.72. The fraction of sp³-hybridized carbons (Fsp3) is 0.308. The third kappa shape index (κ3) is 1.91. The summed E-state index contributed by atoms with van der Waals surface area (Å²) in [6.07, 6.45) is 2.16. The number of benzene rings is 1. The van der Waals surface area contributed by atoms with E-state index in [2.05, 4.69) is 0 Å². The molecule has 94 valence electrons. The van der Waals surface area contributed by atoms with E-state index in [9.17, 15) is 4.79 Å². The van der Waals surface area contributed by atoms with Crippen LogP contribution in [0, 0.1) is 0 Å². The number of hydrogen-bond donors (Lipinski definition) is 0. The summed E-state index contributed by atoms with van der Waals surface area (Å²) in [6, 6.07) is 5.62. The number of carbonyl (C=O) groups excluding carboxylic acids is 1. The first-order chi connectivity index (χ1) is 8.68. The van der Waals surface area contributed by atoms with Crippen molar-refractivity contribution in [1.82, 2.24) is 4.90 Å². The van der Waals surface area contributed by atoms with Crippen LogP contribution < -0.4 is 0 Å². The van der Waals surface area contributed by atoms with Crippen LogP contribution in [0.15, 0.2) is 18.2 Å². The van der Waals surface area contributed by atoms with Crippen molar-refractivity contribution in [2.75, 3.05) is 13.1 Å². The van der Waals surface area contributed by atoms with E-state index in [1.807, 2.05) is 17.0 Å². The molecule has 0 atom stereocenters. The molecule has 1 aromatic carbocycles. The quantitative estimate of drug-likeness (QED) is 0.762. The maximum absolute atomic E-state index is 12.4. The molecule has 0 unspecified atom stereocenters. The lowest BCUT2D eigenvalue weighted by Crippen LogP contribution is -2.26. The highest BCUT2D eigenvalue weighted by molar-refractivity contribution is 7.21. The Kier molecular flexibility index (Phi) is 3.22. The fourth-order valence-electron chi connectivity index (χ4n) is 2.27. The van der Waals surface area contributed by atoms with Gasteiger partial charge in [-0.25, -0.2) is 0 Å². The van der Waals surface area contributed by atoms with Crippen LogP contribution in [-0.4, -0.2) is 23.9 Å². The number of fused-ring (bicyclic) bond motifs is 1. The Morgan fingerprint density at radius 1 is 1.22 bits per heavy atom. The van der Waals surface area contributed by atoms with E-state index < -0.39 is 0 Å². The molecule has 5 heteroatoms. The Hall–Kier alpha value is -0.770. The molecule has 0 spiro atoms. The average molecular weight is 300 g/mol. The maximum Gasteiger partial charge on any atom is 0.265 e. The maximum atomic E-state index is 12.4. The van der Waals surface area contributed by atoms with Crippen LogP contribution in [0.1, 0.15) is 22.5 Å². The zero-order valence-electron chi connectivity index (χ0n) is 9.58. The third-order valence-corrected chi connectivity index (χ3v) is 5.14. The largest absolute Gasteiger partial charge is 0.338 e. The fourth-order valence-corrected chi connectivity index (χ4v) is 4.19. The number of likely N-dealkylation sites (tertiary alicyclic amines) is 1. The molecule has 1 aliphatic rings. The summed E-state index contributed by atoms with van der Waals surface area (Å²) in [5.74, 6) is 0.0368. The molecular formula is C13H11Cl2NOS. The van der Waals surface area contributed by atoms with E-state index in [1.54, 1.807) is 6.07 Å². The molecule has 18 heavy (non-hydrogen) atoms. The summed E-state index contributed by atoms with van der Waals surface area (Å²) in [5, 5.41) is 1.90. The van der Waals surface area contributed by atoms with Crippen LogP contribution in [0.25, 0.3) is 10.1 Å². The molecule has 1 aliphatic heterocycles. The van der Waals surface area contributed by atoms with Crippen molar-refractivity contribution in [2.24, 2.45) is 0 Å². The molecule has 0 aliphatic carbocycles.